The van der Waals surface area contributed by atoms with Gasteiger partial charge in [0.25, 0.3) is 0 Å². The van der Waals surface area contributed by atoms with Crippen molar-refractivity contribution in [1.82, 2.24) is 10.6 Å². The third-order valence-corrected chi connectivity index (χ3v) is 1.77. The second-order valence-electron chi connectivity index (χ2n) is 7.47. The Labute approximate surface area is 166 Å². The maximum Gasteiger partial charge on any atom is 2.00 e. The van der Waals surface area contributed by atoms with Crippen molar-refractivity contribution >= 4 is 0 Å². The topological polar surface area (TPSA) is 24.1 Å². The molecule has 2 rings (SSSR count). The van der Waals surface area contributed by atoms with E-state index in [1.165, 1.54) is 38.9 Å². The van der Waals surface area contributed by atoms with E-state index >= 15 is 0 Å². The third-order valence-electron chi connectivity index (χ3n) is 1.77. The minimum absolute atomic E-state index is 0. The van der Waals surface area contributed by atoms with Crippen molar-refractivity contribution in [2.75, 3.05) is 26.2 Å². The van der Waals surface area contributed by atoms with E-state index in [1.807, 2.05) is 0 Å². The zero-order valence-electron chi connectivity index (χ0n) is 16.1. The van der Waals surface area contributed by atoms with Crippen molar-refractivity contribution in [3.63, 3.8) is 0 Å². The van der Waals surface area contributed by atoms with Crippen molar-refractivity contribution in [3.05, 3.63) is 13.8 Å². The molecule has 3 heteroatoms. The molecule has 2 N–H and O–H groups in total. The Morgan fingerprint density at radius 2 is 1.22 bits per heavy atom. The fourth-order valence-corrected chi connectivity index (χ4v) is 1.14. The summed E-state index contributed by atoms with van der Waals surface area (Å²) < 4.78 is 0. The largest absolute Gasteiger partial charge is 2.00 e. The first-order valence-electron chi connectivity index (χ1n) is 7.96. The molecule has 1 radical (unpaired) electrons. The molecule has 0 amide bonds. The number of hydrogen-bond donors (Lipinski definition) is 2. The predicted molar refractivity (Wildman–Crippen MR) is 114 cm³/mol. The Hall–Kier alpha value is 0.504. The fraction of sp³-hybridized carbons (Fsp3) is 0.900. The Morgan fingerprint density at radius 1 is 0.870 bits per heavy atom. The molecule has 2 heterocycles. The van der Waals surface area contributed by atoms with E-state index in [0.29, 0.717) is 5.41 Å². The molecule has 0 bridgehead atoms. The first-order valence-corrected chi connectivity index (χ1v) is 7.96. The quantitative estimate of drug-likeness (QED) is 0.473. The first-order chi connectivity index (χ1) is 8.73. The van der Waals surface area contributed by atoms with Crippen LogP contribution in [0.3, 0.4) is 0 Å². The molecule has 2 aliphatic rings. The van der Waals surface area contributed by atoms with Gasteiger partial charge < -0.3 is 24.5 Å². The SMILES string of the molecule is C.C.C1CCNC1.CC(C)(C)C.CC(C)C.[2HH].[2HH].[CH-]1CCNC1.[CH3-].[V+2]. The van der Waals surface area contributed by atoms with E-state index in [9.17, 15) is 0 Å². The average Bonchev–Trinajstić information content (AvgIpc) is 2.94. The maximum absolute atomic E-state index is 3.22. The van der Waals surface area contributed by atoms with Crippen molar-refractivity contribution < 1.29 is 21.4 Å². The van der Waals surface area contributed by atoms with Crippen LogP contribution < -0.4 is 10.6 Å². The molecule has 149 valence electrons. The molecule has 23 heavy (non-hydrogen) atoms. The molecule has 0 atom stereocenters. The fourth-order valence-electron chi connectivity index (χ4n) is 1.14. The zero-order chi connectivity index (χ0) is 15.1. The first kappa shape index (κ1) is 38.8. The van der Waals surface area contributed by atoms with Gasteiger partial charge in [-0.05, 0) is 43.8 Å². The summed E-state index contributed by atoms with van der Waals surface area (Å²) in [5, 5.41) is 6.39. The molecule has 0 aromatic rings. The monoisotopic (exact) mass is 375 g/mol. The van der Waals surface area contributed by atoms with Crippen LogP contribution in [0.25, 0.3) is 0 Å². The molecular formula is C20H54N2V. The van der Waals surface area contributed by atoms with Crippen LogP contribution in [-0.2, 0) is 18.6 Å². The van der Waals surface area contributed by atoms with Gasteiger partial charge in [-0.1, -0.05) is 63.3 Å². The average molecular weight is 376 g/mol. The zero-order valence-corrected chi connectivity index (χ0v) is 17.4. The maximum atomic E-state index is 3.22. The van der Waals surface area contributed by atoms with Gasteiger partial charge in [-0.3, -0.25) is 0 Å². The Balaban J connectivity index is -0.0000000239. The van der Waals surface area contributed by atoms with E-state index in [0.717, 1.165) is 12.5 Å². The van der Waals surface area contributed by atoms with Crippen molar-refractivity contribution in [2.45, 2.75) is 82.6 Å². The van der Waals surface area contributed by atoms with Gasteiger partial charge in [0.2, 0.25) is 0 Å². The standard InChI is InChI=1S/C5H12.C4H9N.C4H8N.C4H10.2CH4.CH3.V.2H2/c1-5(2,3)4;2*1-2-4-5-3-1;1-4(2)3;;;;;;/h1-4H3;5H,1-4H2;1,5H,2-4H2;4H,1-3H3;2*1H4;1H3;;2*1H/q;;-1;;;;-1;+2;;/i;;;;;;;;2*1+1. The summed E-state index contributed by atoms with van der Waals surface area (Å²) in [6.07, 6.45) is 6.29. The van der Waals surface area contributed by atoms with Crippen molar-refractivity contribution in [1.29, 1.82) is 0 Å². The smallest absolute Gasteiger partial charge is 0.358 e. The molecule has 0 unspecified atom stereocenters. The van der Waals surface area contributed by atoms with Gasteiger partial charge in [0, 0.05) is 2.85 Å². The van der Waals surface area contributed by atoms with Crippen LogP contribution in [0, 0.1) is 25.2 Å². The Kier molecular flexibility index (Phi) is 46.2. The molecule has 2 fully saturated rings. The van der Waals surface area contributed by atoms with Gasteiger partial charge in [0.15, 0.2) is 0 Å². The number of rotatable bonds is 0. The second-order valence-corrected chi connectivity index (χ2v) is 7.47. The normalized spacial score (nSPS) is 14.6. The second kappa shape index (κ2) is 27.4. The third kappa shape index (κ3) is 85.7. The van der Waals surface area contributed by atoms with Crippen molar-refractivity contribution in [3.8, 4) is 0 Å². The molecule has 2 nitrogen and oxygen atoms in total. The van der Waals surface area contributed by atoms with E-state index < -0.39 is 0 Å². The van der Waals surface area contributed by atoms with E-state index in [-0.39, 0.29) is 43.7 Å². The van der Waals surface area contributed by atoms with Crippen LogP contribution >= 0.6 is 0 Å². The summed E-state index contributed by atoms with van der Waals surface area (Å²) in [4.78, 5) is 0. The molecule has 0 aliphatic carbocycles. The Bertz CT molecular complexity index is 134. The summed E-state index contributed by atoms with van der Waals surface area (Å²) in [6.45, 7) is 20.1. The van der Waals surface area contributed by atoms with E-state index in [4.69, 9.17) is 0 Å². The van der Waals surface area contributed by atoms with Crippen LogP contribution in [0.2, 0.25) is 0 Å². The molecule has 0 aromatic heterocycles. The molecular weight excluding hydrogens is 319 g/mol. The summed E-state index contributed by atoms with van der Waals surface area (Å²) in [5.74, 6) is 0.833. The summed E-state index contributed by atoms with van der Waals surface area (Å²) in [7, 11) is 0. The summed E-state index contributed by atoms with van der Waals surface area (Å²) in [5.41, 5.74) is 0.500. The van der Waals surface area contributed by atoms with Crippen LogP contribution in [-0.4, -0.2) is 26.2 Å². The van der Waals surface area contributed by atoms with Gasteiger partial charge in [-0.2, -0.15) is 6.42 Å². The Morgan fingerprint density at radius 3 is 1.30 bits per heavy atom. The molecule has 0 spiro atoms. The van der Waals surface area contributed by atoms with Gasteiger partial charge in [0.05, 0.1) is 0 Å². The van der Waals surface area contributed by atoms with E-state index in [2.05, 4.69) is 65.5 Å². The minimum Gasteiger partial charge on any atom is -0.358 e. The van der Waals surface area contributed by atoms with Crippen LogP contribution in [0.1, 0.15) is 85.4 Å². The van der Waals surface area contributed by atoms with Gasteiger partial charge in [0.1, 0.15) is 0 Å². The van der Waals surface area contributed by atoms with Crippen molar-refractivity contribution in [2.24, 2.45) is 11.3 Å². The summed E-state index contributed by atoms with van der Waals surface area (Å²) in [6, 6.07) is 0. The van der Waals surface area contributed by atoms with Crippen LogP contribution in [0.4, 0.5) is 0 Å². The van der Waals surface area contributed by atoms with Gasteiger partial charge >= 0.3 is 18.6 Å². The summed E-state index contributed by atoms with van der Waals surface area (Å²) >= 11 is 0. The molecule has 0 aromatic carbocycles. The molecule has 2 saturated heterocycles. The molecule has 0 saturated carbocycles. The minimum atomic E-state index is 0. The molecule has 2 aliphatic heterocycles. The van der Waals surface area contributed by atoms with Gasteiger partial charge in [-0.25, -0.2) is 0 Å². The number of nitrogens with one attached hydrogen (secondary N) is 2. The number of hydrogen-bond acceptors (Lipinski definition) is 2. The predicted octanol–water partition coefficient (Wildman–Crippen LogP) is 6.48. The van der Waals surface area contributed by atoms with Crippen LogP contribution in [0.5, 0.6) is 0 Å². The van der Waals surface area contributed by atoms with Crippen LogP contribution in [0.15, 0.2) is 0 Å². The van der Waals surface area contributed by atoms with E-state index in [1.54, 1.807) is 0 Å². The van der Waals surface area contributed by atoms with Gasteiger partial charge in [-0.15, -0.1) is 6.54 Å².